The molecule has 30 heavy (non-hydrogen) atoms. The molecule has 0 fully saturated rings. The Morgan fingerprint density at radius 3 is 2.40 bits per heavy atom. The minimum atomic E-state index is -1.20. The summed E-state index contributed by atoms with van der Waals surface area (Å²) in [6.07, 6.45) is 1.12. The first-order valence-corrected chi connectivity index (χ1v) is 9.31. The summed E-state index contributed by atoms with van der Waals surface area (Å²) in [4.78, 5) is 27.6. The highest BCUT2D eigenvalue weighted by Gasteiger charge is 2.27. The number of Topliss-reactive ketones (excluding diaryl/α,β-unsaturated/α-hetero) is 1. The van der Waals surface area contributed by atoms with Crippen LogP contribution in [0.15, 0.2) is 72.9 Å². The van der Waals surface area contributed by atoms with E-state index in [2.05, 4.69) is 4.98 Å². The van der Waals surface area contributed by atoms with Crippen molar-refractivity contribution >= 4 is 22.7 Å². The molecule has 0 saturated carbocycles. The van der Waals surface area contributed by atoms with Crippen LogP contribution in [-0.2, 0) is 4.79 Å². The number of carboxylic acid groups (broad SMARTS) is 1. The van der Waals surface area contributed by atoms with Crippen molar-refractivity contribution in [3.8, 4) is 11.1 Å². The van der Waals surface area contributed by atoms with E-state index in [4.69, 9.17) is 0 Å². The lowest BCUT2D eigenvalue weighted by Crippen LogP contribution is -2.17. The average molecular weight is 405 g/mol. The summed E-state index contributed by atoms with van der Waals surface area (Å²) in [7, 11) is 0. The number of benzene rings is 3. The Morgan fingerprint density at radius 1 is 0.933 bits per heavy atom. The molecule has 0 amide bonds. The van der Waals surface area contributed by atoms with Crippen LogP contribution >= 0.6 is 0 Å². The number of hydrogen-bond donors (Lipinski definition) is 2. The van der Waals surface area contributed by atoms with E-state index in [0.717, 1.165) is 28.8 Å². The van der Waals surface area contributed by atoms with E-state index in [9.17, 15) is 23.5 Å². The zero-order valence-electron chi connectivity index (χ0n) is 15.7. The van der Waals surface area contributed by atoms with Crippen LogP contribution in [0.5, 0.6) is 0 Å². The third-order valence-electron chi connectivity index (χ3n) is 5.12. The maximum Gasteiger partial charge on any atom is 0.311 e. The second-order valence-corrected chi connectivity index (χ2v) is 7.01. The van der Waals surface area contributed by atoms with Gasteiger partial charge in [-0.25, -0.2) is 8.78 Å². The van der Waals surface area contributed by atoms with Crippen molar-refractivity contribution in [1.29, 1.82) is 0 Å². The predicted octanol–water partition coefficient (Wildman–Crippen LogP) is 5.55. The van der Waals surface area contributed by atoms with Crippen molar-refractivity contribution in [2.24, 2.45) is 0 Å². The number of aromatic nitrogens is 1. The number of H-pyrrole nitrogens is 1. The Balaban J connectivity index is 1.72. The Bertz CT molecular complexity index is 1250. The van der Waals surface area contributed by atoms with Crippen LogP contribution in [0.25, 0.3) is 22.0 Å². The molecule has 0 saturated heterocycles. The molecule has 6 heteroatoms. The number of hydrogen-bond acceptors (Lipinski definition) is 2. The summed E-state index contributed by atoms with van der Waals surface area (Å²) >= 11 is 0. The Kier molecular flexibility index (Phi) is 5.14. The number of aromatic amines is 1. The summed E-state index contributed by atoms with van der Waals surface area (Å²) < 4.78 is 27.1. The fourth-order valence-electron chi connectivity index (χ4n) is 3.58. The van der Waals surface area contributed by atoms with Crippen molar-refractivity contribution in [2.45, 2.75) is 12.3 Å². The van der Waals surface area contributed by atoms with Gasteiger partial charge in [0.25, 0.3) is 0 Å². The number of halogens is 2. The average Bonchev–Trinajstić information content (AvgIpc) is 3.15. The second-order valence-electron chi connectivity index (χ2n) is 7.01. The van der Waals surface area contributed by atoms with Crippen LogP contribution in [0.4, 0.5) is 8.78 Å². The highest BCUT2D eigenvalue weighted by Crippen LogP contribution is 2.32. The summed E-state index contributed by atoms with van der Waals surface area (Å²) in [6, 6.07) is 17.9. The van der Waals surface area contributed by atoms with Crippen LogP contribution in [0.2, 0.25) is 0 Å². The zero-order chi connectivity index (χ0) is 21.3. The molecular weight excluding hydrogens is 388 g/mol. The quantitative estimate of drug-likeness (QED) is 0.413. The van der Waals surface area contributed by atoms with Crippen LogP contribution in [-0.4, -0.2) is 21.8 Å². The van der Waals surface area contributed by atoms with Crippen LogP contribution < -0.4 is 0 Å². The van der Waals surface area contributed by atoms with Gasteiger partial charge < -0.3 is 10.1 Å². The summed E-state index contributed by atoms with van der Waals surface area (Å²) in [6.45, 7) is 0. The van der Waals surface area contributed by atoms with Gasteiger partial charge in [0, 0.05) is 29.6 Å². The molecule has 1 heterocycles. The molecular formula is C24H17F2NO3. The molecule has 1 atom stereocenters. The smallest absolute Gasteiger partial charge is 0.311 e. The highest BCUT2D eigenvalue weighted by molar-refractivity contribution is 6.01. The number of nitrogens with one attached hydrogen (secondary N) is 1. The molecule has 3 aromatic carbocycles. The molecule has 150 valence electrons. The summed E-state index contributed by atoms with van der Waals surface area (Å²) in [5, 5.41) is 10.5. The Hall–Kier alpha value is -3.80. The summed E-state index contributed by atoms with van der Waals surface area (Å²) in [5.74, 6) is -4.88. The van der Waals surface area contributed by atoms with Crippen LogP contribution in [0.1, 0.15) is 28.3 Å². The topological polar surface area (TPSA) is 70.2 Å². The summed E-state index contributed by atoms with van der Waals surface area (Å²) in [5.41, 5.74) is 2.72. The Labute approximate surface area is 170 Å². The molecule has 4 aromatic rings. The normalized spacial score (nSPS) is 12.1. The first kappa shape index (κ1) is 19.5. The molecule has 4 nitrogen and oxygen atoms in total. The number of fused-ring (bicyclic) bond motifs is 1. The van der Waals surface area contributed by atoms with Crippen LogP contribution in [0.3, 0.4) is 0 Å². The van der Waals surface area contributed by atoms with E-state index >= 15 is 0 Å². The van der Waals surface area contributed by atoms with E-state index in [-0.39, 0.29) is 5.56 Å². The lowest BCUT2D eigenvalue weighted by molar-refractivity contribution is -0.138. The number of carboxylic acids is 1. The SMILES string of the molecule is O=C(CC(C(=O)O)c1c[nH]c2ccc(-c3ccccc3)cc12)c1ccc(F)cc1F. The molecule has 4 rings (SSSR count). The number of carbonyl (C=O) groups excluding carboxylic acids is 1. The van der Waals surface area contributed by atoms with E-state index in [1.165, 1.54) is 0 Å². The first-order valence-electron chi connectivity index (χ1n) is 9.31. The third kappa shape index (κ3) is 3.72. The molecule has 0 aliphatic rings. The minimum Gasteiger partial charge on any atom is -0.481 e. The molecule has 0 spiro atoms. The lowest BCUT2D eigenvalue weighted by atomic mass is 9.90. The molecule has 0 aliphatic heterocycles. The maximum atomic E-state index is 14.0. The minimum absolute atomic E-state index is 0.326. The highest BCUT2D eigenvalue weighted by atomic mass is 19.1. The van der Waals surface area contributed by atoms with E-state index in [0.29, 0.717) is 17.0 Å². The third-order valence-corrected chi connectivity index (χ3v) is 5.12. The van der Waals surface area contributed by atoms with Crippen molar-refractivity contribution < 1.29 is 23.5 Å². The van der Waals surface area contributed by atoms with E-state index in [1.54, 1.807) is 6.20 Å². The largest absolute Gasteiger partial charge is 0.481 e. The van der Waals surface area contributed by atoms with Gasteiger partial charge in [0.15, 0.2) is 5.78 Å². The van der Waals surface area contributed by atoms with Gasteiger partial charge in [0.2, 0.25) is 0 Å². The molecule has 0 bridgehead atoms. The van der Waals surface area contributed by atoms with Gasteiger partial charge in [-0.3, -0.25) is 9.59 Å². The number of ketones is 1. The van der Waals surface area contributed by atoms with Crippen molar-refractivity contribution in [3.63, 3.8) is 0 Å². The lowest BCUT2D eigenvalue weighted by Gasteiger charge is -2.12. The second kappa shape index (κ2) is 7.91. The fourth-order valence-corrected chi connectivity index (χ4v) is 3.58. The maximum absolute atomic E-state index is 14.0. The van der Waals surface area contributed by atoms with Gasteiger partial charge >= 0.3 is 5.97 Å². The van der Waals surface area contributed by atoms with Crippen molar-refractivity contribution in [1.82, 2.24) is 4.98 Å². The van der Waals surface area contributed by atoms with Gasteiger partial charge in [-0.1, -0.05) is 36.4 Å². The number of rotatable bonds is 6. The van der Waals surface area contributed by atoms with Gasteiger partial charge in [0.05, 0.1) is 11.5 Å². The first-order chi connectivity index (χ1) is 14.4. The molecule has 2 N–H and O–H groups in total. The molecule has 0 radical (unpaired) electrons. The molecule has 0 aliphatic carbocycles. The number of carbonyl (C=O) groups is 2. The van der Waals surface area contributed by atoms with E-state index < -0.39 is 35.7 Å². The fraction of sp³-hybridized carbons (Fsp3) is 0.0833. The predicted molar refractivity (Wildman–Crippen MR) is 109 cm³/mol. The molecule has 1 unspecified atom stereocenters. The van der Waals surface area contributed by atoms with Crippen LogP contribution in [0, 0.1) is 11.6 Å². The van der Waals surface area contributed by atoms with Gasteiger partial charge in [-0.15, -0.1) is 0 Å². The number of aliphatic carboxylic acids is 1. The standard InChI is InChI=1S/C24H17F2NO3/c25-16-7-8-17(21(26)11-16)23(28)12-19(24(29)30)20-13-27-22-9-6-15(10-18(20)22)14-4-2-1-3-5-14/h1-11,13,19,27H,12H2,(H,29,30). The van der Waals surface area contributed by atoms with Gasteiger partial charge in [-0.2, -0.15) is 0 Å². The van der Waals surface area contributed by atoms with Gasteiger partial charge in [0.1, 0.15) is 11.6 Å². The Morgan fingerprint density at radius 2 is 1.70 bits per heavy atom. The monoisotopic (exact) mass is 405 g/mol. The zero-order valence-corrected chi connectivity index (χ0v) is 15.7. The molecule has 1 aromatic heterocycles. The van der Waals surface area contributed by atoms with Crippen molar-refractivity contribution in [2.75, 3.05) is 0 Å². The van der Waals surface area contributed by atoms with E-state index in [1.807, 2.05) is 48.5 Å². The van der Waals surface area contributed by atoms with Gasteiger partial charge in [-0.05, 0) is 41.0 Å². The van der Waals surface area contributed by atoms with Crippen molar-refractivity contribution in [3.05, 3.63) is 95.7 Å².